The van der Waals surface area contributed by atoms with Crippen molar-refractivity contribution >= 4 is 35.0 Å². The molecule has 3 aromatic rings. The van der Waals surface area contributed by atoms with E-state index in [1.807, 2.05) is 30.3 Å². The Labute approximate surface area is 213 Å². The van der Waals surface area contributed by atoms with Crippen molar-refractivity contribution in [2.75, 3.05) is 25.2 Å². The molecule has 1 fully saturated rings. The minimum absolute atomic E-state index is 0.156. The van der Waals surface area contributed by atoms with Crippen LogP contribution < -0.4 is 10.6 Å². The first-order valence-corrected chi connectivity index (χ1v) is 11.9. The second-order valence-corrected chi connectivity index (χ2v) is 9.58. The Balaban J connectivity index is 1.92. The highest BCUT2D eigenvalue weighted by molar-refractivity contribution is 5.94. The van der Waals surface area contributed by atoms with Gasteiger partial charge in [0.2, 0.25) is 5.91 Å². The van der Waals surface area contributed by atoms with Gasteiger partial charge in [-0.2, -0.15) is 0 Å². The number of hydrogen-bond donors (Lipinski definition) is 1. The molecular formula is C25H30N6O6. The molecule has 37 heavy (non-hydrogen) atoms. The predicted molar refractivity (Wildman–Crippen MR) is 134 cm³/mol. The number of aromatic nitrogens is 4. The van der Waals surface area contributed by atoms with Gasteiger partial charge in [0, 0.05) is 12.1 Å². The van der Waals surface area contributed by atoms with E-state index in [1.54, 1.807) is 25.7 Å². The number of imidazole rings is 1. The van der Waals surface area contributed by atoms with Gasteiger partial charge in [0.25, 0.3) is 0 Å². The molecule has 0 aliphatic carbocycles. The number of benzene rings is 1. The summed E-state index contributed by atoms with van der Waals surface area (Å²) >= 11 is 0. The maximum absolute atomic E-state index is 13.4. The summed E-state index contributed by atoms with van der Waals surface area (Å²) in [6.07, 6.45) is 0.591. The fourth-order valence-electron chi connectivity index (χ4n) is 4.10. The number of carbonyl (C=O) groups excluding carboxylic acids is 3. The summed E-state index contributed by atoms with van der Waals surface area (Å²) in [6.45, 7) is 5.22. The number of nitrogens with zero attached hydrogens (tertiary/aromatic N) is 5. The van der Waals surface area contributed by atoms with Crippen molar-refractivity contribution in [3.8, 4) is 11.4 Å². The molecule has 1 aliphatic heterocycles. The Bertz CT molecular complexity index is 1320. The van der Waals surface area contributed by atoms with Gasteiger partial charge in [-0.05, 0) is 33.6 Å². The Morgan fingerprint density at radius 1 is 1.11 bits per heavy atom. The molecular weight excluding hydrogens is 480 g/mol. The quantitative estimate of drug-likeness (QED) is 0.469. The van der Waals surface area contributed by atoms with Crippen LogP contribution in [0.2, 0.25) is 0 Å². The van der Waals surface area contributed by atoms with Gasteiger partial charge in [0.05, 0.1) is 7.11 Å². The Morgan fingerprint density at radius 3 is 2.49 bits per heavy atom. The Hall–Kier alpha value is -4.06. The monoisotopic (exact) mass is 510 g/mol. The molecule has 4 rings (SSSR count). The summed E-state index contributed by atoms with van der Waals surface area (Å²) in [4.78, 5) is 53.0. The number of esters is 1. The number of carbonyl (C=O) groups is 3. The van der Waals surface area contributed by atoms with Crippen molar-refractivity contribution in [2.45, 2.75) is 51.9 Å². The van der Waals surface area contributed by atoms with E-state index in [2.05, 4.69) is 14.7 Å². The van der Waals surface area contributed by atoms with E-state index >= 15 is 0 Å². The van der Waals surface area contributed by atoms with Crippen molar-refractivity contribution in [2.24, 2.45) is 5.73 Å². The van der Waals surface area contributed by atoms with Gasteiger partial charge in [-0.15, -0.1) is 0 Å². The fraction of sp³-hybridized carbons (Fsp3) is 0.440. The van der Waals surface area contributed by atoms with Gasteiger partial charge in [-0.3, -0.25) is 4.79 Å². The van der Waals surface area contributed by atoms with E-state index in [0.717, 1.165) is 6.42 Å². The number of amides is 1. The number of rotatable bonds is 7. The number of nitrogens with two attached hydrogens (primary N) is 1. The van der Waals surface area contributed by atoms with Crippen LogP contribution in [0, 0.1) is 0 Å². The molecule has 1 saturated heterocycles. The standard InChI is InChI=1S/C25H30N6O6/c1-25(2,3)37-24(34)31-17(13-36-14-18(32)35-4)27-19-22(30-12-8-11-16(30)20(26)33)28-21(29-23(19)31)15-9-6-5-7-10-15/h5-7,9-10,16H,8,11-14H2,1-4H3,(H2,26,33)/t16-/m0/s1. The molecule has 0 saturated carbocycles. The van der Waals surface area contributed by atoms with E-state index < -0.39 is 29.6 Å². The number of fused-ring (bicyclic) bond motifs is 1. The average Bonchev–Trinajstić information content (AvgIpc) is 3.48. The second-order valence-electron chi connectivity index (χ2n) is 9.58. The molecule has 1 aromatic carbocycles. The van der Waals surface area contributed by atoms with Crippen LogP contribution in [0.4, 0.5) is 10.6 Å². The van der Waals surface area contributed by atoms with Gasteiger partial charge >= 0.3 is 12.1 Å². The summed E-state index contributed by atoms with van der Waals surface area (Å²) < 4.78 is 16.9. The lowest BCUT2D eigenvalue weighted by molar-refractivity contribution is -0.146. The van der Waals surface area contributed by atoms with E-state index in [0.29, 0.717) is 30.2 Å². The van der Waals surface area contributed by atoms with Crippen LogP contribution in [-0.4, -0.2) is 69.4 Å². The second kappa shape index (κ2) is 10.5. The van der Waals surface area contributed by atoms with Crippen LogP contribution >= 0.6 is 0 Å². The Morgan fingerprint density at radius 2 is 1.84 bits per heavy atom. The molecule has 0 unspecified atom stereocenters. The zero-order valence-corrected chi connectivity index (χ0v) is 21.3. The van der Waals surface area contributed by atoms with Crippen molar-refractivity contribution in [3.05, 3.63) is 36.2 Å². The summed E-state index contributed by atoms with van der Waals surface area (Å²) in [5, 5.41) is 0. The highest BCUT2D eigenvalue weighted by Crippen LogP contribution is 2.33. The largest absolute Gasteiger partial charge is 0.467 e. The zero-order valence-electron chi connectivity index (χ0n) is 21.3. The summed E-state index contributed by atoms with van der Waals surface area (Å²) in [7, 11) is 1.25. The van der Waals surface area contributed by atoms with Gasteiger partial charge < -0.3 is 24.8 Å². The molecule has 196 valence electrons. The summed E-state index contributed by atoms with van der Waals surface area (Å²) in [5.74, 6) is -0.178. The third-order valence-corrected chi connectivity index (χ3v) is 5.70. The van der Waals surface area contributed by atoms with Crippen molar-refractivity contribution in [1.82, 2.24) is 19.5 Å². The minimum Gasteiger partial charge on any atom is -0.467 e. The highest BCUT2D eigenvalue weighted by Gasteiger charge is 2.34. The van der Waals surface area contributed by atoms with Crippen LogP contribution in [0.1, 0.15) is 39.4 Å². The van der Waals surface area contributed by atoms with Gasteiger partial charge in [0.1, 0.15) is 30.7 Å². The van der Waals surface area contributed by atoms with Crippen LogP contribution in [0.3, 0.4) is 0 Å². The maximum Gasteiger partial charge on any atom is 0.421 e. The number of methoxy groups -OCH3 is 1. The van der Waals surface area contributed by atoms with Gasteiger partial charge in [0.15, 0.2) is 22.8 Å². The average molecular weight is 511 g/mol. The summed E-state index contributed by atoms with van der Waals surface area (Å²) in [6, 6.07) is 8.68. The van der Waals surface area contributed by atoms with Crippen molar-refractivity contribution in [1.29, 1.82) is 0 Å². The molecule has 12 heteroatoms. The number of ether oxygens (including phenoxy) is 3. The molecule has 0 radical (unpaired) electrons. The maximum atomic E-state index is 13.4. The normalized spacial score (nSPS) is 15.7. The van der Waals surface area contributed by atoms with Gasteiger partial charge in [-0.25, -0.2) is 29.1 Å². The third kappa shape index (κ3) is 5.69. The number of hydrogen-bond acceptors (Lipinski definition) is 10. The highest BCUT2D eigenvalue weighted by atomic mass is 16.6. The van der Waals surface area contributed by atoms with E-state index in [4.69, 9.17) is 20.2 Å². The van der Waals surface area contributed by atoms with E-state index in [9.17, 15) is 14.4 Å². The van der Waals surface area contributed by atoms with E-state index in [1.165, 1.54) is 11.7 Å². The Kier molecular flexibility index (Phi) is 7.39. The van der Waals surface area contributed by atoms with Crippen LogP contribution in [0.15, 0.2) is 30.3 Å². The minimum atomic E-state index is -0.804. The molecule has 3 heterocycles. The first-order valence-electron chi connectivity index (χ1n) is 11.9. The van der Waals surface area contributed by atoms with Crippen LogP contribution in [0.25, 0.3) is 22.6 Å². The molecule has 1 atom stereocenters. The van der Waals surface area contributed by atoms with Crippen molar-refractivity contribution in [3.63, 3.8) is 0 Å². The molecule has 2 N–H and O–H groups in total. The predicted octanol–water partition coefficient (Wildman–Crippen LogP) is 2.42. The number of primary amides is 1. The fourth-order valence-corrected chi connectivity index (χ4v) is 4.10. The summed E-state index contributed by atoms with van der Waals surface area (Å²) in [5.41, 5.74) is 6.07. The lowest BCUT2D eigenvalue weighted by Crippen LogP contribution is -2.41. The first-order chi connectivity index (χ1) is 17.6. The van der Waals surface area contributed by atoms with Gasteiger partial charge in [-0.1, -0.05) is 30.3 Å². The van der Waals surface area contributed by atoms with E-state index in [-0.39, 0.29) is 30.2 Å². The molecule has 0 spiro atoms. The number of anilines is 1. The molecule has 12 nitrogen and oxygen atoms in total. The third-order valence-electron chi connectivity index (χ3n) is 5.70. The molecule has 2 aromatic heterocycles. The molecule has 0 bridgehead atoms. The smallest absolute Gasteiger partial charge is 0.421 e. The van der Waals surface area contributed by atoms with Crippen molar-refractivity contribution < 1.29 is 28.6 Å². The topological polar surface area (TPSA) is 152 Å². The molecule has 1 aliphatic rings. The zero-order chi connectivity index (χ0) is 26.7. The first kappa shape index (κ1) is 26.0. The lowest BCUT2D eigenvalue weighted by atomic mass is 10.2. The lowest BCUT2D eigenvalue weighted by Gasteiger charge is -2.24. The SMILES string of the molecule is COC(=O)COCc1nc2c(N3CCC[C@H]3C(N)=O)nc(-c3ccccc3)nc2n1C(=O)OC(C)(C)C. The van der Waals surface area contributed by atoms with Crippen LogP contribution in [0.5, 0.6) is 0 Å². The van der Waals surface area contributed by atoms with Crippen LogP contribution in [-0.2, 0) is 30.4 Å². The molecule has 1 amide bonds.